The molecule has 2 rings (SSSR count). The molecule has 0 radical (unpaired) electrons. The van der Waals surface area contributed by atoms with Crippen molar-refractivity contribution in [1.29, 1.82) is 0 Å². The Hall–Kier alpha value is -1.23. The Morgan fingerprint density at radius 1 is 1.50 bits per heavy atom. The second kappa shape index (κ2) is 3.38. The zero-order valence-electron chi connectivity index (χ0n) is 10.1. The van der Waals surface area contributed by atoms with E-state index >= 15 is 0 Å². The van der Waals surface area contributed by atoms with Crippen molar-refractivity contribution in [2.75, 3.05) is 0 Å². The van der Waals surface area contributed by atoms with Crippen LogP contribution in [0.4, 0.5) is 0 Å². The molecular formula is C11H17N3O2. The minimum absolute atomic E-state index is 0.115. The number of rotatable bonds is 2. The molecule has 0 saturated carbocycles. The van der Waals surface area contributed by atoms with Crippen LogP contribution in [0.2, 0.25) is 0 Å². The van der Waals surface area contributed by atoms with E-state index in [0.717, 1.165) is 6.42 Å². The van der Waals surface area contributed by atoms with E-state index in [1.165, 1.54) is 0 Å². The van der Waals surface area contributed by atoms with Crippen LogP contribution in [-0.4, -0.2) is 32.5 Å². The predicted molar refractivity (Wildman–Crippen MR) is 58.3 cm³/mol. The molecule has 0 bridgehead atoms. The van der Waals surface area contributed by atoms with Gasteiger partial charge >= 0.3 is 0 Å². The van der Waals surface area contributed by atoms with Gasteiger partial charge in [-0.3, -0.25) is 4.79 Å². The summed E-state index contributed by atoms with van der Waals surface area (Å²) in [5.41, 5.74) is -0.0979. The molecule has 0 N–H and O–H groups in total. The molecule has 5 nitrogen and oxygen atoms in total. The Kier molecular flexibility index (Phi) is 2.38. The van der Waals surface area contributed by atoms with Gasteiger partial charge in [0.2, 0.25) is 0 Å². The lowest BCUT2D eigenvalue weighted by atomic mass is 9.95. The van der Waals surface area contributed by atoms with Gasteiger partial charge in [0.15, 0.2) is 6.29 Å². The Morgan fingerprint density at radius 2 is 2.19 bits per heavy atom. The number of hydrogen-bond acceptors (Lipinski definition) is 4. The van der Waals surface area contributed by atoms with E-state index in [1.807, 2.05) is 13.8 Å². The van der Waals surface area contributed by atoms with E-state index in [-0.39, 0.29) is 17.2 Å². The molecule has 1 unspecified atom stereocenters. The number of aldehydes is 1. The molecule has 5 heteroatoms. The van der Waals surface area contributed by atoms with Crippen molar-refractivity contribution in [3.8, 4) is 0 Å². The molecule has 2 heterocycles. The van der Waals surface area contributed by atoms with Gasteiger partial charge in [0, 0.05) is 6.42 Å². The van der Waals surface area contributed by atoms with Gasteiger partial charge in [-0.1, -0.05) is 5.21 Å². The summed E-state index contributed by atoms with van der Waals surface area (Å²) in [5.74, 6) is 0. The summed E-state index contributed by atoms with van der Waals surface area (Å²) in [6.45, 7) is 8.20. The van der Waals surface area contributed by atoms with Crippen LogP contribution in [0.15, 0.2) is 6.20 Å². The molecule has 0 amide bonds. The van der Waals surface area contributed by atoms with Crippen molar-refractivity contribution < 1.29 is 9.53 Å². The highest BCUT2D eigenvalue weighted by atomic mass is 16.5. The third-order valence-corrected chi connectivity index (χ3v) is 2.99. The third kappa shape index (κ3) is 1.87. The van der Waals surface area contributed by atoms with Crippen LogP contribution in [-0.2, 0) is 4.74 Å². The van der Waals surface area contributed by atoms with Crippen LogP contribution in [0.3, 0.4) is 0 Å². The predicted octanol–water partition coefficient (Wildman–Crippen LogP) is 1.61. The van der Waals surface area contributed by atoms with Crippen molar-refractivity contribution in [2.24, 2.45) is 0 Å². The van der Waals surface area contributed by atoms with E-state index in [9.17, 15) is 4.79 Å². The van der Waals surface area contributed by atoms with E-state index in [4.69, 9.17) is 4.74 Å². The zero-order chi connectivity index (χ0) is 12.0. The topological polar surface area (TPSA) is 57.0 Å². The minimum Gasteiger partial charge on any atom is -0.367 e. The first-order valence-electron chi connectivity index (χ1n) is 5.41. The van der Waals surface area contributed by atoms with Crippen LogP contribution in [0.1, 0.15) is 50.6 Å². The maximum absolute atomic E-state index is 10.6. The van der Waals surface area contributed by atoms with Gasteiger partial charge < -0.3 is 4.74 Å². The van der Waals surface area contributed by atoms with Crippen molar-refractivity contribution in [2.45, 2.75) is 51.4 Å². The zero-order valence-corrected chi connectivity index (χ0v) is 10.1. The summed E-state index contributed by atoms with van der Waals surface area (Å²) in [6.07, 6.45) is 3.24. The van der Waals surface area contributed by atoms with Crippen molar-refractivity contribution in [3.63, 3.8) is 0 Å². The molecular weight excluding hydrogens is 206 g/mol. The molecule has 88 valence electrons. The number of carbonyl (C=O) groups is 1. The van der Waals surface area contributed by atoms with Gasteiger partial charge in [0.1, 0.15) is 5.69 Å². The molecule has 1 atom stereocenters. The smallest absolute Gasteiger partial charge is 0.171 e. The van der Waals surface area contributed by atoms with Gasteiger partial charge in [-0.2, -0.15) is 0 Å². The summed E-state index contributed by atoms with van der Waals surface area (Å²) >= 11 is 0. The second-order valence-electron chi connectivity index (χ2n) is 5.43. The summed E-state index contributed by atoms with van der Waals surface area (Å²) in [4.78, 5) is 10.6. The lowest BCUT2D eigenvalue weighted by molar-refractivity contribution is -0.0738. The van der Waals surface area contributed by atoms with Crippen LogP contribution in [0.5, 0.6) is 0 Å². The number of hydrogen-bond donors (Lipinski definition) is 0. The summed E-state index contributed by atoms with van der Waals surface area (Å²) < 4.78 is 7.70. The largest absolute Gasteiger partial charge is 0.367 e. The highest BCUT2D eigenvalue weighted by Gasteiger charge is 2.47. The van der Waals surface area contributed by atoms with E-state index in [0.29, 0.717) is 12.0 Å². The van der Waals surface area contributed by atoms with E-state index in [1.54, 1.807) is 10.9 Å². The first kappa shape index (κ1) is 11.3. The monoisotopic (exact) mass is 223 g/mol. The Morgan fingerprint density at radius 3 is 2.62 bits per heavy atom. The van der Waals surface area contributed by atoms with Crippen LogP contribution in [0.25, 0.3) is 0 Å². The van der Waals surface area contributed by atoms with Crippen LogP contribution < -0.4 is 0 Å². The van der Waals surface area contributed by atoms with Crippen molar-refractivity contribution >= 4 is 6.29 Å². The maximum atomic E-state index is 10.6. The molecule has 1 aromatic heterocycles. The van der Waals surface area contributed by atoms with Crippen molar-refractivity contribution in [1.82, 2.24) is 15.0 Å². The second-order valence-corrected chi connectivity index (χ2v) is 5.43. The third-order valence-electron chi connectivity index (χ3n) is 2.99. The van der Waals surface area contributed by atoms with E-state index in [2.05, 4.69) is 24.2 Å². The van der Waals surface area contributed by atoms with Gasteiger partial charge in [-0.05, 0) is 27.7 Å². The Bertz CT molecular complexity index is 409. The Balaban J connectivity index is 2.30. The number of ether oxygens (including phenoxy) is 1. The first-order valence-corrected chi connectivity index (χ1v) is 5.41. The highest BCUT2D eigenvalue weighted by molar-refractivity contribution is 5.70. The molecule has 1 aliphatic rings. The Labute approximate surface area is 94.8 Å². The molecule has 1 fully saturated rings. The maximum Gasteiger partial charge on any atom is 0.171 e. The fourth-order valence-electron chi connectivity index (χ4n) is 2.44. The van der Waals surface area contributed by atoms with Crippen LogP contribution >= 0.6 is 0 Å². The minimum atomic E-state index is -0.294. The quantitative estimate of drug-likeness (QED) is 0.715. The molecule has 0 aromatic carbocycles. The molecule has 16 heavy (non-hydrogen) atoms. The number of aromatic nitrogens is 3. The van der Waals surface area contributed by atoms with Gasteiger partial charge in [0.05, 0.1) is 23.4 Å². The fourth-order valence-corrected chi connectivity index (χ4v) is 2.44. The number of carbonyl (C=O) groups excluding carboxylic acids is 1. The fraction of sp³-hybridized carbons (Fsp3) is 0.727. The molecule has 1 aliphatic heterocycles. The average Bonchev–Trinajstić information content (AvgIpc) is 2.67. The molecule has 1 saturated heterocycles. The van der Waals surface area contributed by atoms with Crippen LogP contribution in [0, 0.1) is 0 Å². The van der Waals surface area contributed by atoms with Gasteiger partial charge in [-0.25, -0.2) is 4.68 Å². The lowest BCUT2D eigenvalue weighted by Crippen LogP contribution is -2.31. The highest BCUT2D eigenvalue weighted by Crippen LogP contribution is 2.44. The average molecular weight is 223 g/mol. The lowest BCUT2D eigenvalue weighted by Gasteiger charge is -2.26. The molecule has 0 aliphatic carbocycles. The molecule has 1 aromatic rings. The van der Waals surface area contributed by atoms with Gasteiger partial charge in [0.25, 0.3) is 0 Å². The number of nitrogens with zero attached hydrogens (tertiary/aromatic N) is 3. The summed E-state index contributed by atoms with van der Waals surface area (Å²) in [7, 11) is 0. The van der Waals surface area contributed by atoms with Crippen molar-refractivity contribution in [3.05, 3.63) is 11.9 Å². The van der Waals surface area contributed by atoms with Gasteiger partial charge in [-0.15, -0.1) is 5.10 Å². The summed E-state index contributed by atoms with van der Waals surface area (Å²) in [5, 5.41) is 7.77. The van der Waals surface area contributed by atoms with E-state index < -0.39 is 0 Å². The summed E-state index contributed by atoms with van der Waals surface area (Å²) in [6, 6.07) is 0.115. The molecule has 0 spiro atoms. The standard InChI is InChI=1S/C11H17N3O2/c1-10(2)5-9(11(3,4)16-10)14-6-8(7-15)12-13-14/h6-7,9H,5H2,1-4H3. The normalized spacial score (nSPS) is 26.9. The SMILES string of the molecule is CC1(C)CC(n2cc(C=O)nn2)C(C)(C)O1. The first-order chi connectivity index (χ1) is 7.34.